The van der Waals surface area contributed by atoms with Crippen LogP contribution in [-0.2, 0) is 23.6 Å². The van der Waals surface area contributed by atoms with Crippen LogP contribution in [0.4, 0.5) is 5.82 Å². The summed E-state index contributed by atoms with van der Waals surface area (Å²) in [6, 6.07) is 9.00. The summed E-state index contributed by atoms with van der Waals surface area (Å²) in [7, 11) is -2.03. The lowest BCUT2D eigenvalue weighted by Crippen LogP contribution is -2.14. The zero-order valence-electron chi connectivity index (χ0n) is 13.1. The third kappa shape index (κ3) is 3.44. The standard InChI is InChI=1S/C15H16ClN5O2S/c1-11-14(9-17-20(11)2)24(22,23)19-15-7-8-21(18-15)10-12-3-5-13(16)6-4-12/h3-9H,10H2,1-2H3,(H,18,19). The molecule has 0 saturated heterocycles. The highest BCUT2D eigenvalue weighted by molar-refractivity contribution is 7.92. The van der Waals surface area contributed by atoms with Crippen molar-refractivity contribution in [3.05, 3.63) is 59.0 Å². The highest BCUT2D eigenvalue weighted by atomic mass is 35.5. The van der Waals surface area contributed by atoms with Crippen molar-refractivity contribution >= 4 is 27.4 Å². The molecule has 126 valence electrons. The first-order chi connectivity index (χ1) is 11.3. The van der Waals surface area contributed by atoms with Gasteiger partial charge in [0.15, 0.2) is 5.82 Å². The van der Waals surface area contributed by atoms with Gasteiger partial charge in [0.1, 0.15) is 4.90 Å². The quantitative estimate of drug-likeness (QED) is 0.752. The van der Waals surface area contributed by atoms with E-state index in [9.17, 15) is 8.42 Å². The molecule has 0 fully saturated rings. The van der Waals surface area contributed by atoms with Crippen LogP contribution in [-0.4, -0.2) is 28.0 Å². The topological polar surface area (TPSA) is 81.8 Å². The van der Waals surface area contributed by atoms with Gasteiger partial charge < -0.3 is 0 Å². The molecule has 24 heavy (non-hydrogen) atoms. The van der Waals surface area contributed by atoms with Crippen molar-refractivity contribution < 1.29 is 8.42 Å². The number of nitrogens with one attached hydrogen (secondary N) is 1. The van der Waals surface area contributed by atoms with Gasteiger partial charge in [-0.3, -0.25) is 14.1 Å². The molecule has 9 heteroatoms. The third-order valence-electron chi connectivity index (χ3n) is 3.62. The first-order valence-corrected chi connectivity index (χ1v) is 9.00. The second-order valence-electron chi connectivity index (χ2n) is 5.35. The minimum Gasteiger partial charge on any atom is -0.272 e. The van der Waals surface area contributed by atoms with Crippen molar-refractivity contribution in [3.8, 4) is 0 Å². The predicted octanol–water partition coefficient (Wildman–Crippen LogP) is 2.43. The number of hydrogen-bond donors (Lipinski definition) is 1. The summed E-state index contributed by atoms with van der Waals surface area (Å²) < 4.78 is 30.5. The average Bonchev–Trinajstić information content (AvgIpc) is 3.09. The zero-order chi connectivity index (χ0) is 17.3. The predicted molar refractivity (Wildman–Crippen MR) is 91.5 cm³/mol. The van der Waals surface area contributed by atoms with Gasteiger partial charge in [0.2, 0.25) is 0 Å². The lowest BCUT2D eigenvalue weighted by molar-refractivity contribution is 0.599. The molecule has 0 radical (unpaired) electrons. The summed E-state index contributed by atoms with van der Waals surface area (Å²) >= 11 is 5.86. The van der Waals surface area contributed by atoms with Gasteiger partial charge in [0.05, 0.1) is 18.4 Å². The molecular formula is C15H16ClN5O2S. The van der Waals surface area contributed by atoms with E-state index in [1.165, 1.54) is 10.9 Å². The van der Waals surface area contributed by atoms with Crippen LogP contribution in [0.15, 0.2) is 47.6 Å². The van der Waals surface area contributed by atoms with Crippen molar-refractivity contribution in [1.29, 1.82) is 0 Å². The maximum atomic E-state index is 12.4. The molecule has 1 N–H and O–H groups in total. The smallest absolute Gasteiger partial charge is 0.266 e. The fraction of sp³-hybridized carbons (Fsp3) is 0.200. The highest BCUT2D eigenvalue weighted by Crippen LogP contribution is 2.18. The van der Waals surface area contributed by atoms with Crippen LogP contribution < -0.4 is 4.72 Å². The first-order valence-electron chi connectivity index (χ1n) is 7.14. The lowest BCUT2D eigenvalue weighted by atomic mass is 10.2. The van der Waals surface area contributed by atoms with Gasteiger partial charge in [-0.25, -0.2) is 8.42 Å². The van der Waals surface area contributed by atoms with Crippen molar-refractivity contribution in [1.82, 2.24) is 19.6 Å². The van der Waals surface area contributed by atoms with E-state index in [0.29, 0.717) is 17.3 Å². The van der Waals surface area contributed by atoms with E-state index in [1.807, 2.05) is 12.1 Å². The van der Waals surface area contributed by atoms with Crippen LogP contribution in [0.1, 0.15) is 11.3 Å². The molecule has 0 spiro atoms. The average molecular weight is 366 g/mol. The van der Waals surface area contributed by atoms with Crippen molar-refractivity contribution in [2.75, 3.05) is 4.72 Å². The maximum Gasteiger partial charge on any atom is 0.266 e. The molecule has 0 aliphatic carbocycles. The Morgan fingerprint density at radius 1 is 1.21 bits per heavy atom. The Bertz CT molecular complexity index is 960. The fourth-order valence-electron chi connectivity index (χ4n) is 2.22. The van der Waals surface area contributed by atoms with Gasteiger partial charge in [0.25, 0.3) is 10.0 Å². The molecule has 0 atom stereocenters. The second-order valence-corrected chi connectivity index (χ2v) is 7.44. The lowest BCUT2D eigenvalue weighted by Gasteiger charge is -2.05. The SMILES string of the molecule is Cc1c(S(=O)(=O)Nc2ccn(Cc3ccc(Cl)cc3)n2)cnn1C. The number of sulfonamides is 1. The molecule has 0 amide bonds. The normalized spacial score (nSPS) is 11.6. The molecule has 3 aromatic rings. The summed E-state index contributed by atoms with van der Waals surface area (Å²) in [5.74, 6) is 0.257. The third-order valence-corrected chi connectivity index (χ3v) is 5.33. The molecule has 3 rings (SSSR count). The Kier molecular flexibility index (Phi) is 4.33. The number of aryl methyl sites for hydroxylation is 1. The van der Waals surface area contributed by atoms with Crippen LogP contribution in [0, 0.1) is 6.92 Å². The number of anilines is 1. The van der Waals surface area contributed by atoms with Gasteiger partial charge in [-0.2, -0.15) is 10.2 Å². The van der Waals surface area contributed by atoms with Gasteiger partial charge in [-0.05, 0) is 24.6 Å². The molecule has 0 saturated carbocycles. The monoisotopic (exact) mass is 365 g/mol. The number of rotatable bonds is 5. The second kappa shape index (κ2) is 6.29. The molecule has 0 bridgehead atoms. The maximum absolute atomic E-state index is 12.4. The van der Waals surface area contributed by atoms with Crippen LogP contribution in [0.2, 0.25) is 5.02 Å². The number of nitrogens with zero attached hydrogens (tertiary/aromatic N) is 4. The van der Waals surface area contributed by atoms with Gasteiger partial charge in [0, 0.05) is 24.3 Å². The number of hydrogen-bond acceptors (Lipinski definition) is 4. The Morgan fingerprint density at radius 3 is 2.54 bits per heavy atom. The molecular weight excluding hydrogens is 350 g/mol. The van der Waals surface area contributed by atoms with E-state index in [1.54, 1.807) is 43.0 Å². The highest BCUT2D eigenvalue weighted by Gasteiger charge is 2.21. The molecule has 7 nitrogen and oxygen atoms in total. The van der Waals surface area contributed by atoms with E-state index < -0.39 is 10.0 Å². The van der Waals surface area contributed by atoms with Gasteiger partial charge in [-0.1, -0.05) is 23.7 Å². The van der Waals surface area contributed by atoms with Gasteiger partial charge >= 0.3 is 0 Å². The Labute approximate surface area is 144 Å². The van der Waals surface area contributed by atoms with Crippen LogP contribution in [0.25, 0.3) is 0 Å². The summed E-state index contributed by atoms with van der Waals surface area (Å²) in [6.07, 6.45) is 3.03. The van der Waals surface area contributed by atoms with Crippen molar-refractivity contribution in [2.45, 2.75) is 18.4 Å². The molecule has 2 heterocycles. The largest absolute Gasteiger partial charge is 0.272 e. The minimum absolute atomic E-state index is 0.136. The van der Waals surface area contributed by atoms with E-state index in [2.05, 4.69) is 14.9 Å². The van der Waals surface area contributed by atoms with E-state index in [-0.39, 0.29) is 10.7 Å². The summed E-state index contributed by atoms with van der Waals surface area (Å²) in [6.45, 7) is 2.21. The van der Waals surface area contributed by atoms with Gasteiger partial charge in [-0.15, -0.1) is 0 Å². The van der Waals surface area contributed by atoms with E-state index >= 15 is 0 Å². The fourth-order valence-corrected chi connectivity index (χ4v) is 3.54. The van der Waals surface area contributed by atoms with E-state index in [0.717, 1.165) is 5.56 Å². The summed E-state index contributed by atoms with van der Waals surface area (Å²) in [5.41, 5.74) is 1.57. The van der Waals surface area contributed by atoms with Crippen LogP contribution in [0.3, 0.4) is 0 Å². The molecule has 0 aliphatic rings. The van der Waals surface area contributed by atoms with E-state index in [4.69, 9.17) is 11.6 Å². The summed E-state index contributed by atoms with van der Waals surface area (Å²) in [5, 5.41) is 8.86. The number of benzene rings is 1. The number of halogens is 1. The summed E-state index contributed by atoms with van der Waals surface area (Å²) in [4.78, 5) is 0.136. The molecule has 0 aliphatic heterocycles. The van der Waals surface area contributed by atoms with Crippen molar-refractivity contribution in [3.63, 3.8) is 0 Å². The van der Waals surface area contributed by atoms with Crippen molar-refractivity contribution in [2.24, 2.45) is 7.05 Å². The minimum atomic E-state index is -3.71. The first kappa shape index (κ1) is 16.5. The van der Waals surface area contributed by atoms with Crippen LogP contribution in [0.5, 0.6) is 0 Å². The Hall–Kier alpha value is -2.32. The Morgan fingerprint density at radius 2 is 1.92 bits per heavy atom. The number of aromatic nitrogens is 4. The zero-order valence-corrected chi connectivity index (χ0v) is 14.7. The molecule has 2 aromatic heterocycles. The molecule has 0 unspecified atom stereocenters. The van der Waals surface area contributed by atoms with Crippen LogP contribution >= 0.6 is 11.6 Å². The molecule has 1 aromatic carbocycles. The Balaban J connectivity index is 1.76.